The van der Waals surface area contributed by atoms with E-state index in [2.05, 4.69) is 5.32 Å². The first-order valence-electron chi connectivity index (χ1n) is 7.64. The monoisotopic (exact) mass is 325 g/mol. The van der Waals surface area contributed by atoms with Gasteiger partial charge < -0.3 is 10.1 Å². The SMILES string of the molecule is CC(C)C(=O)OCC(=O)Nc1ccccc1C(=O)c1ccccc1. The third-order valence-electron chi connectivity index (χ3n) is 3.30. The number of ketones is 1. The molecule has 0 aromatic heterocycles. The molecule has 5 nitrogen and oxygen atoms in total. The standard InChI is InChI=1S/C19H19NO4/c1-13(2)19(23)24-12-17(21)20-16-11-7-6-10-15(16)18(22)14-8-4-3-5-9-14/h3-11,13H,12H2,1-2H3,(H,20,21). The van der Waals surface area contributed by atoms with E-state index in [1.54, 1.807) is 62.4 Å². The van der Waals surface area contributed by atoms with Gasteiger partial charge in [-0.25, -0.2) is 0 Å². The number of rotatable bonds is 6. The predicted molar refractivity (Wildman–Crippen MR) is 90.7 cm³/mol. The number of carbonyl (C=O) groups is 3. The summed E-state index contributed by atoms with van der Waals surface area (Å²) in [7, 11) is 0. The predicted octanol–water partition coefficient (Wildman–Crippen LogP) is 3.06. The Kier molecular flexibility index (Phi) is 5.84. The summed E-state index contributed by atoms with van der Waals surface area (Å²) in [4.78, 5) is 35.9. The minimum absolute atomic E-state index is 0.189. The number of anilines is 1. The lowest BCUT2D eigenvalue weighted by Crippen LogP contribution is -2.23. The first kappa shape index (κ1) is 17.4. The largest absolute Gasteiger partial charge is 0.455 e. The van der Waals surface area contributed by atoms with Crippen molar-refractivity contribution in [3.8, 4) is 0 Å². The molecule has 0 aliphatic carbocycles. The number of para-hydroxylation sites is 1. The van der Waals surface area contributed by atoms with E-state index in [0.29, 0.717) is 16.8 Å². The Morgan fingerprint density at radius 2 is 1.58 bits per heavy atom. The summed E-state index contributed by atoms with van der Waals surface area (Å²) in [6, 6.07) is 15.5. The summed E-state index contributed by atoms with van der Waals surface area (Å²) >= 11 is 0. The Morgan fingerprint density at radius 1 is 0.958 bits per heavy atom. The first-order chi connectivity index (χ1) is 11.5. The molecule has 0 bridgehead atoms. The molecule has 1 N–H and O–H groups in total. The van der Waals surface area contributed by atoms with Gasteiger partial charge in [0.1, 0.15) is 0 Å². The molecule has 2 rings (SSSR count). The van der Waals surface area contributed by atoms with Crippen LogP contribution < -0.4 is 5.32 Å². The van der Waals surface area contributed by atoms with Crippen LogP contribution in [0.2, 0.25) is 0 Å². The molecule has 0 saturated carbocycles. The minimum atomic E-state index is -0.489. The molecular weight excluding hydrogens is 306 g/mol. The molecule has 0 aliphatic rings. The molecule has 1 amide bonds. The topological polar surface area (TPSA) is 72.5 Å². The number of amides is 1. The van der Waals surface area contributed by atoms with Crippen LogP contribution in [0.4, 0.5) is 5.69 Å². The van der Waals surface area contributed by atoms with E-state index in [1.807, 2.05) is 6.07 Å². The molecule has 0 atom stereocenters. The Labute approximate surface area is 140 Å². The van der Waals surface area contributed by atoms with Gasteiger partial charge in [0.25, 0.3) is 5.91 Å². The van der Waals surface area contributed by atoms with E-state index in [4.69, 9.17) is 4.74 Å². The molecule has 2 aromatic rings. The molecule has 0 aliphatic heterocycles. The Balaban J connectivity index is 2.10. The van der Waals surface area contributed by atoms with Crippen molar-refractivity contribution >= 4 is 23.3 Å². The highest BCUT2D eigenvalue weighted by atomic mass is 16.5. The zero-order valence-electron chi connectivity index (χ0n) is 13.6. The van der Waals surface area contributed by atoms with Gasteiger partial charge in [-0.2, -0.15) is 0 Å². The number of ether oxygens (including phenoxy) is 1. The molecule has 2 aromatic carbocycles. The summed E-state index contributed by atoms with van der Waals surface area (Å²) in [5, 5.41) is 2.62. The quantitative estimate of drug-likeness (QED) is 0.654. The third kappa shape index (κ3) is 4.52. The van der Waals surface area contributed by atoms with Gasteiger partial charge in [0.15, 0.2) is 12.4 Å². The van der Waals surface area contributed by atoms with Crippen molar-refractivity contribution in [2.45, 2.75) is 13.8 Å². The van der Waals surface area contributed by atoms with Gasteiger partial charge in [-0.1, -0.05) is 56.3 Å². The molecule has 0 heterocycles. The maximum Gasteiger partial charge on any atom is 0.308 e. The lowest BCUT2D eigenvalue weighted by atomic mass is 10.0. The number of hydrogen-bond acceptors (Lipinski definition) is 4. The van der Waals surface area contributed by atoms with Crippen LogP contribution in [0.25, 0.3) is 0 Å². The number of carbonyl (C=O) groups excluding carboxylic acids is 3. The van der Waals surface area contributed by atoms with Gasteiger partial charge in [0.2, 0.25) is 0 Å². The van der Waals surface area contributed by atoms with Gasteiger partial charge in [-0.05, 0) is 12.1 Å². The smallest absolute Gasteiger partial charge is 0.308 e. The minimum Gasteiger partial charge on any atom is -0.455 e. The van der Waals surface area contributed by atoms with Crippen molar-refractivity contribution in [3.05, 3.63) is 65.7 Å². The second-order valence-electron chi connectivity index (χ2n) is 5.55. The summed E-state index contributed by atoms with van der Waals surface area (Å²) in [6.45, 7) is 2.99. The number of benzene rings is 2. The van der Waals surface area contributed by atoms with Gasteiger partial charge in [0.05, 0.1) is 11.6 Å². The molecule has 0 radical (unpaired) electrons. The zero-order valence-corrected chi connectivity index (χ0v) is 13.6. The third-order valence-corrected chi connectivity index (χ3v) is 3.30. The molecule has 0 spiro atoms. The van der Waals surface area contributed by atoms with E-state index in [0.717, 1.165) is 0 Å². The molecule has 0 saturated heterocycles. The Hall–Kier alpha value is -2.95. The molecule has 0 unspecified atom stereocenters. The average Bonchev–Trinajstić information content (AvgIpc) is 2.60. The van der Waals surface area contributed by atoms with Crippen LogP contribution >= 0.6 is 0 Å². The second kappa shape index (κ2) is 8.06. The molecular formula is C19H19NO4. The summed E-state index contributed by atoms with van der Waals surface area (Å²) in [6.07, 6.45) is 0. The van der Waals surface area contributed by atoms with Crippen LogP contribution in [0.5, 0.6) is 0 Å². The molecule has 5 heteroatoms. The van der Waals surface area contributed by atoms with Crippen molar-refractivity contribution in [1.29, 1.82) is 0 Å². The van der Waals surface area contributed by atoms with Crippen LogP contribution in [0.15, 0.2) is 54.6 Å². The number of hydrogen-bond donors (Lipinski definition) is 1. The van der Waals surface area contributed by atoms with E-state index in [9.17, 15) is 14.4 Å². The Morgan fingerprint density at radius 3 is 2.25 bits per heavy atom. The van der Waals surface area contributed by atoms with Crippen LogP contribution in [0, 0.1) is 5.92 Å². The van der Waals surface area contributed by atoms with Crippen LogP contribution in [-0.2, 0) is 14.3 Å². The molecule has 0 fully saturated rings. The fourth-order valence-electron chi connectivity index (χ4n) is 2.02. The average molecular weight is 325 g/mol. The normalized spacial score (nSPS) is 10.3. The highest BCUT2D eigenvalue weighted by Crippen LogP contribution is 2.19. The van der Waals surface area contributed by atoms with Gasteiger partial charge >= 0.3 is 5.97 Å². The first-order valence-corrected chi connectivity index (χ1v) is 7.64. The second-order valence-corrected chi connectivity index (χ2v) is 5.55. The maximum absolute atomic E-state index is 12.6. The lowest BCUT2D eigenvalue weighted by Gasteiger charge is -2.11. The molecule has 124 valence electrons. The van der Waals surface area contributed by atoms with Gasteiger partial charge in [-0.15, -0.1) is 0 Å². The highest BCUT2D eigenvalue weighted by Gasteiger charge is 2.16. The fraction of sp³-hybridized carbons (Fsp3) is 0.211. The van der Waals surface area contributed by atoms with Crippen molar-refractivity contribution in [1.82, 2.24) is 0 Å². The highest BCUT2D eigenvalue weighted by molar-refractivity contribution is 6.13. The van der Waals surface area contributed by atoms with Crippen LogP contribution in [-0.4, -0.2) is 24.3 Å². The number of esters is 1. The zero-order chi connectivity index (χ0) is 17.5. The van der Waals surface area contributed by atoms with Crippen LogP contribution in [0.3, 0.4) is 0 Å². The Bertz CT molecular complexity index is 738. The summed E-state index contributed by atoms with van der Waals surface area (Å²) in [5.41, 5.74) is 1.30. The van der Waals surface area contributed by atoms with Crippen molar-refractivity contribution < 1.29 is 19.1 Å². The van der Waals surface area contributed by atoms with Crippen molar-refractivity contribution in [3.63, 3.8) is 0 Å². The van der Waals surface area contributed by atoms with E-state index in [-0.39, 0.29) is 18.3 Å². The number of nitrogens with one attached hydrogen (secondary N) is 1. The summed E-state index contributed by atoms with van der Waals surface area (Å²) < 4.78 is 4.89. The van der Waals surface area contributed by atoms with Crippen LogP contribution in [0.1, 0.15) is 29.8 Å². The van der Waals surface area contributed by atoms with Crippen molar-refractivity contribution in [2.75, 3.05) is 11.9 Å². The lowest BCUT2D eigenvalue weighted by molar-refractivity contribution is -0.150. The van der Waals surface area contributed by atoms with E-state index < -0.39 is 11.9 Å². The van der Waals surface area contributed by atoms with Crippen molar-refractivity contribution in [2.24, 2.45) is 5.92 Å². The fourth-order valence-corrected chi connectivity index (χ4v) is 2.02. The summed E-state index contributed by atoms with van der Waals surface area (Å²) in [5.74, 6) is -1.42. The van der Waals surface area contributed by atoms with E-state index >= 15 is 0 Å². The van der Waals surface area contributed by atoms with E-state index in [1.165, 1.54) is 0 Å². The van der Waals surface area contributed by atoms with Gasteiger partial charge in [0, 0.05) is 11.1 Å². The maximum atomic E-state index is 12.6. The van der Waals surface area contributed by atoms with Gasteiger partial charge in [-0.3, -0.25) is 14.4 Å². The molecule has 24 heavy (non-hydrogen) atoms.